The molecule has 0 aliphatic rings. The van der Waals surface area contributed by atoms with Crippen molar-refractivity contribution in [2.24, 2.45) is 5.73 Å². The van der Waals surface area contributed by atoms with Gasteiger partial charge in [0.1, 0.15) is 5.75 Å². The molecule has 0 aliphatic carbocycles. The minimum absolute atomic E-state index is 0. The Labute approximate surface area is 122 Å². The van der Waals surface area contributed by atoms with Crippen LogP contribution < -0.4 is 5.73 Å². The number of aliphatic hydroxyl groups is 1. The van der Waals surface area contributed by atoms with Crippen molar-refractivity contribution in [1.82, 2.24) is 0 Å². The van der Waals surface area contributed by atoms with E-state index < -0.39 is 0 Å². The van der Waals surface area contributed by atoms with Gasteiger partial charge in [-0.2, -0.15) is 0 Å². The van der Waals surface area contributed by atoms with E-state index in [2.05, 4.69) is 45.2 Å². The van der Waals surface area contributed by atoms with Crippen LogP contribution in [-0.2, 0) is 6.42 Å². The second-order valence-corrected chi connectivity index (χ2v) is 5.38. The molecule has 0 amide bonds. The van der Waals surface area contributed by atoms with Crippen LogP contribution in [0.3, 0.4) is 0 Å². The Morgan fingerprint density at radius 2 is 1.73 bits per heavy atom. The first-order chi connectivity index (χ1) is 6.54. The zero-order valence-electron chi connectivity index (χ0n) is 7.78. The third kappa shape index (κ3) is 4.59. The van der Waals surface area contributed by atoms with E-state index in [-0.39, 0.29) is 25.1 Å². The number of rotatable bonds is 3. The average molecular weight is 455 g/mol. The van der Waals surface area contributed by atoms with Crippen molar-refractivity contribution in [2.45, 2.75) is 12.5 Å². The van der Waals surface area contributed by atoms with E-state index in [1.165, 1.54) is 0 Å². The molecular weight excluding hydrogens is 443 g/mol. The second-order valence-electron chi connectivity index (χ2n) is 3.05. The van der Waals surface area contributed by atoms with Crippen molar-refractivity contribution in [3.8, 4) is 5.75 Å². The summed E-state index contributed by atoms with van der Waals surface area (Å²) >= 11 is 4.15. The highest BCUT2D eigenvalue weighted by Gasteiger charge is 2.08. The molecule has 4 N–H and O–H groups in total. The lowest BCUT2D eigenvalue weighted by Gasteiger charge is -2.10. The number of phenolic OH excluding ortho intramolecular Hbond substituents is 1. The first kappa shape index (κ1) is 15.7. The average Bonchev–Trinajstić information content (AvgIpc) is 2.14. The van der Waals surface area contributed by atoms with Crippen molar-refractivity contribution < 1.29 is 10.2 Å². The zero-order valence-corrected chi connectivity index (χ0v) is 12.9. The fraction of sp³-hybridized carbons (Fsp3) is 0.333. The molecule has 0 saturated heterocycles. The third-order valence-electron chi connectivity index (χ3n) is 1.81. The molecule has 86 valence electrons. The molecular formula is C9H12ClI2NO2. The number of hydrogen-bond acceptors (Lipinski definition) is 3. The maximum absolute atomic E-state index is 9.53. The summed E-state index contributed by atoms with van der Waals surface area (Å²) in [6.45, 7) is -0.0198. The van der Waals surface area contributed by atoms with Gasteiger partial charge in [-0.15, -0.1) is 12.4 Å². The quantitative estimate of drug-likeness (QED) is 0.610. The van der Waals surface area contributed by atoms with Gasteiger partial charge >= 0.3 is 0 Å². The summed E-state index contributed by atoms with van der Waals surface area (Å²) < 4.78 is 1.63. The largest absolute Gasteiger partial charge is 0.506 e. The van der Waals surface area contributed by atoms with Crippen LogP contribution in [0.2, 0.25) is 0 Å². The molecule has 1 aromatic carbocycles. The number of hydrogen-bond donors (Lipinski definition) is 3. The Hall–Kier alpha value is 0.690. The smallest absolute Gasteiger partial charge is 0.142 e. The Bertz CT molecular complexity index is 313. The van der Waals surface area contributed by atoms with E-state index in [9.17, 15) is 5.11 Å². The Balaban J connectivity index is 0.00000196. The first-order valence-corrected chi connectivity index (χ1v) is 6.23. The van der Waals surface area contributed by atoms with Crippen LogP contribution in [0.4, 0.5) is 0 Å². The van der Waals surface area contributed by atoms with E-state index in [0.29, 0.717) is 12.2 Å². The van der Waals surface area contributed by atoms with Crippen molar-refractivity contribution >= 4 is 57.6 Å². The van der Waals surface area contributed by atoms with Crippen LogP contribution in [0.1, 0.15) is 5.56 Å². The van der Waals surface area contributed by atoms with Gasteiger partial charge in [0.05, 0.1) is 13.7 Å². The normalized spacial score (nSPS) is 12.0. The molecule has 6 heteroatoms. The van der Waals surface area contributed by atoms with Crippen LogP contribution in [-0.4, -0.2) is 22.9 Å². The van der Waals surface area contributed by atoms with Gasteiger partial charge in [0.15, 0.2) is 0 Å². The van der Waals surface area contributed by atoms with Gasteiger partial charge in [-0.1, -0.05) is 0 Å². The number of aromatic hydroxyl groups is 1. The number of nitrogens with two attached hydrogens (primary N) is 1. The molecule has 1 atom stereocenters. The summed E-state index contributed by atoms with van der Waals surface area (Å²) in [5, 5.41) is 18.3. The summed E-state index contributed by atoms with van der Waals surface area (Å²) in [6.07, 6.45) is 0.628. The van der Waals surface area contributed by atoms with Crippen molar-refractivity contribution in [3.05, 3.63) is 24.8 Å². The highest BCUT2D eigenvalue weighted by molar-refractivity contribution is 14.1. The van der Waals surface area contributed by atoms with E-state index in [1.807, 2.05) is 12.1 Å². The van der Waals surface area contributed by atoms with Crippen molar-refractivity contribution in [3.63, 3.8) is 0 Å². The lowest BCUT2D eigenvalue weighted by Crippen LogP contribution is -2.26. The second kappa shape index (κ2) is 7.10. The molecule has 1 aromatic rings. The molecule has 0 spiro atoms. The topological polar surface area (TPSA) is 66.5 Å². The van der Waals surface area contributed by atoms with Crippen LogP contribution >= 0.6 is 57.6 Å². The van der Waals surface area contributed by atoms with Crippen molar-refractivity contribution in [1.29, 1.82) is 0 Å². The van der Waals surface area contributed by atoms with E-state index in [4.69, 9.17) is 10.8 Å². The SMILES string of the molecule is Cl.NC(CO)Cc1cc(I)c(O)c(I)c1. The molecule has 1 unspecified atom stereocenters. The summed E-state index contributed by atoms with van der Waals surface area (Å²) in [4.78, 5) is 0. The Morgan fingerprint density at radius 3 is 2.13 bits per heavy atom. The van der Waals surface area contributed by atoms with Gasteiger partial charge in [-0.3, -0.25) is 0 Å². The summed E-state index contributed by atoms with van der Waals surface area (Å²) in [5.41, 5.74) is 6.67. The maximum atomic E-state index is 9.53. The monoisotopic (exact) mass is 455 g/mol. The Morgan fingerprint density at radius 1 is 1.27 bits per heavy atom. The summed E-state index contributed by atoms with van der Waals surface area (Å²) in [5.74, 6) is 0.313. The van der Waals surface area contributed by atoms with Crippen LogP contribution in [0.25, 0.3) is 0 Å². The maximum Gasteiger partial charge on any atom is 0.142 e. The van der Waals surface area contributed by atoms with E-state index in [1.54, 1.807) is 0 Å². The molecule has 0 aromatic heterocycles. The molecule has 0 bridgehead atoms. The number of phenols is 1. The van der Waals surface area contributed by atoms with Gasteiger partial charge in [-0.25, -0.2) is 0 Å². The number of halogens is 3. The highest BCUT2D eigenvalue weighted by Crippen LogP contribution is 2.27. The number of benzene rings is 1. The van der Waals surface area contributed by atoms with E-state index >= 15 is 0 Å². The number of aliphatic hydroxyl groups excluding tert-OH is 1. The molecule has 15 heavy (non-hydrogen) atoms. The zero-order chi connectivity index (χ0) is 10.7. The van der Waals surface area contributed by atoms with Gasteiger partial charge in [-0.05, 0) is 69.3 Å². The Kier molecular flexibility index (Phi) is 7.43. The molecule has 0 saturated carbocycles. The van der Waals surface area contributed by atoms with Crippen LogP contribution in [0.5, 0.6) is 5.75 Å². The standard InChI is InChI=1S/C9H11I2NO2.ClH/c10-7-2-5(1-6(12)4-13)3-8(11)9(7)14;/h2-3,6,13-14H,1,4,12H2;1H. The minimum Gasteiger partial charge on any atom is -0.506 e. The fourth-order valence-electron chi connectivity index (χ4n) is 1.10. The van der Waals surface area contributed by atoms with Crippen LogP contribution in [0.15, 0.2) is 12.1 Å². The minimum atomic E-state index is -0.230. The predicted molar refractivity (Wildman–Crippen MR) is 79.6 cm³/mol. The predicted octanol–water partition coefficient (Wildman–Crippen LogP) is 1.89. The molecule has 1 rings (SSSR count). The molecule has 0 radical (unpaired) electrons. The fourth-order valence-corrected chi connectivity index (χ4v) is 3.00. The van der Waals surface area contributed by atoms with Gasteiger partial charge in [0.2, 0.25) is 0 Å². The van der Waals surface area contributed by atoms with Gasteiger partial charge in [0, 0.05) is 6.04 Å². The summed E-state index contributed by atoms with van der Waals surface area (Å²) in [7, 11) is 0. The van der Waals surface area contributed by atoms with Crippen LogP contribution in [0, 0.1) is 7.14 Å². The summed E-state index contributed by atoms with van der Waals surface area (Å²) in [6, 6.07) is 3.53. The van der Waals surface area contributed by atoms with Crippen molar-refractivity contribution in [2.75, 3.05) is 6.61 Å². The van der Waals surface area contributed by atoms with Gasteiger partial charge < -0.3 is 15.9 Å². The molecule has 0 fully saturated rings. The highest BCUT2D eigenvalue weighted by atomic mass is 127. The van der Waals surface area contributed by atoms with E-state index in [0.717, 1.165) is 12.7 Å². The lowest BCUT2D eigenvalue weighted by atomic mass is 10.1. The molecule has 0 heterocycles. The molecule has 3 nitrogen and oxygen atoms in total. The van der Waals surface area contributed by atoms with Gasteiger partial charge in [0.25, 0.3) is 0 Å². The third-order valence-corrected chi connectivity index (χ3v) is 3.45. The lowest BCUT2D eigenvalue weighted by molar-refractivity contribution is 0.265. The molecule has 0 aliphatic heterocycles. The first-order valence-electron chi connectivity index (χ1n) is 4.08.